The fraction of sp³-hybridized carbons (Fsp3) is 0.136. The van der Waals surface area contributed by atoms with E-state index in [9.17, 15) is 4.79 Å². The van der Waals surface area contributed by atoms with Gasteiger partial charge in [-0.1, -0.05) is 40.2 Å². The molecule has 136 valence electrons. The lowest BCUT2D eigenvalue weighted by atomic mass is 10.1. The third-order valence-corrected chi connectivity index (χ3v) is 5.28. The van der Waals surface area contributed by atoms with Crippen LogP contribution in [-0.4, -0.2) is 25.1 Å². The summed E-state index contributed by atoms with van der Waals surface area (Å²) in [5.74, 6) is 1.46. The molecular formula is C22H18BrNO3. The molecule has 3 aromatic carbocycles. The number of aldehydes is 1. The molecule has 27 heavy (non-hydrogen) atoms. The fourth-order valence-electron chi connectivity index (χ4n) is 3.56. The van der Waals surface area contributed by atoms with Gasteiger partial charge in [-0.05, 0) is 35.9 Å². The van der Waals surface area contributed by atoms with Gasteiger partial charge in [0.25, 0.3) is 0 Å². The van der Waals surface area contributed by atoms with E-state index in [-0.39, 0.29) is 0 Å². The molecule has 0 amide bonds. The van der Waals surface area contributed by atoms with Crippen LogP contribution in [0, 0.1) is 0 Å². The smallest absolute Gasteiger partial charge is 0.150 e. The van der Waals surface area contributed by atoms with E-state index in [1.54, 1.807) is 20.3 Å². The summed E-state index contributed by atoms with van der Waals surface area (Å²) >= 11 is 3.48. The van der Waals surface area contributed by atoms with Gasteiger partial charge in [0.05, 0.1) is 25.3 Å². The normalized spacial score (nSPS) is 11.1. The molecule has 4 rings (SSSR count). The molecule has 0 radical (unpaired) electrons. The van der Waals surface area contributed by atoms with Crippen LogP contribution in [-0.2, 0) is 6.54 Å². The molecule has 5 heteroatoms. The van der Waals surface area contributed by atoms with E-state index in [4.69, 9.17) is 9.47 Å². The molecule has 4 aromatic rings. The predicted molar refractivity (Wildman–Crippen MR) is 111 cm³/mol. The van der Waals surface area contributed by atoms with Gasteiger partial charge >= 0.3 is 0 Å². The lowest BCUT2D eigenvalue weighted by molar-refractivity contribution is 0.112. The van der Waals surface area contributed by atoms with Crippen molar-refractivity contribution in [3.8, 4) is 11.5 Å². The van der Waals surface area contributed by atoms with Gasteiger partial charge in [0.2, 0.25) is 0 Å². The van der Waals surface area contributed by atoms with Crippen molar-refractivity contribution < 1.29 is 14.3 Å². The maximum absolute atomic E-state index is 11.4. The summed E-state index contributed by atoms with van der Waals surface area (Å²) in [5, 5.41) is 2.01. The summed E-state index contributed by atoms with van der Waals surface area (Å²) in [6.45, 7) is 0.657. The number of ether oxygens (including phenoxy) is 2. The van der Waals surface area contributed by atoms with Crippen LogP contribution in [0.2, 0.25) is 0 Å². The SMILES string of the molecule is COc1cccc2c3cc(C=O)cc(OC)c3n(Cc3ccc(Br)cc3)c12. The first-order valence-electron chi connectivity index (χ1n) is 8.53. The summed E-state index contributed by atoms with van der Waals surface area (Å²) in [6.07, 6.45) is 0.847. The summed E-state index contributed by atoms with van der Waals surface area (Å²) in [4.78, 5) is 11.4. The number of hydrogen-bond donors (Lipinski definition) is 0. The Balaban J connectivity index is 2.09. The lowest BCUT2D eigenvalue weighted by Crippen LogP contribution is -2.02. The maximum Gasteiger partial charge on any atom is 0.150 e. The second-order valence-corrected chi connectivity index (χ2v) is 7.22. The van der Waals surface area contributed by atoms with Gasteiger partial charge < -0.3 is 14.0 Å². The third-order valence-electron chi connectivity index (χ3n) is 4.76. The van der Waals surface area contributed by atoms with Crippen molar-refractivity contribution in [2.75, 3.05) is 14.2 Å². The summed E-state index contributed by atoms with van der Waals surface area (Å²) in [6, 6.07) is 17.9. The summed E-state index contributed by atoms with van der Waals surface area (Å²) in [5.41, 5.74) is 3.68. The topological polar surface area (TPSA) is 40.5 Å². The molecule has 0 saturated carbocycles. The Kier molecular flexibility index (Phi) is 4.62. The van der Waals surface area contributed by atoms with Gasteiger partial charge in [-0.25, -0.2) is 0 Å². The van der Waals surface area contributed by atoms with E-state index in [0.717, 1.165) is 43.9 Å². The zero-order chi connectivity index (χ0) is 19.0. The number of methoxy groups -OCH3 is 2. The first-order chi connectivity index (χ1) is 13.2. The first kappa shape index (κ1) is 17.6. The highest BCUT2D eigenvalue weighted by Crippen LogP contribution is 2.40. The van der Waals surface area contributed by atoms with Crippen LogP contribution in [0.15, 0.2) is 59.1 Å². The second-order valence-electron chi connectivity index (χ2n) is 6.31. The molecule has 0 spiro atoms. The van der Waals surface area contributed by atoms with Gasteiger partial charge in [-0.2, -0.15) is 0 Å². The Labute approximate surface area is 165 Å². The second kappa shape index (κ2) is 7.08. The van der Waals surface area contributed by atoms with Gasteiger partial charge in [0, 0.05) is 27.4 Å². The van der Waals surface area contributed by atoms with E-state index < -0.39 is 0 Å². The van der Waals surface area contributed by atoms with Crippen molar-refractivity contribution in [2.24, 2.45) is 0 Å². The Morgan fingerprint density at radius 2 is 1.63 bits per heavy atom. The van der Waals surface area contributed by atoms with Crippen LogP contribution in [0.25, 0.3) is 21.8 Å². The van der Waals surface area contributed by atoms with Crippen molar-refractivity contribution in [3.63, 3.8) is 0 Å². The molecule has 0 aliphatic carbocycles. The van der Waals surface area contributed by atoms with Gasteiger partial charge in [-0.15, -0.1) is 0 Å². The maximum atomic E-state index is 11.4. The van der Waals surface area contributed by atoms with E-state index in [2.05, 4.69) is 32.6 Å². The monoisotopic (exact) mass is 423 g/mol. The number of nitrogens with zero attached hydrogens (tertiary/aromatic N) is 1. The minimum Gasteiger partial charge on any atom is -0.495 e. The lowest BCUT2D eigenvalue weighted by Gasteiger charge is -2.12. The van der Waals surface area contributed by atoms with Crippen LogP contribution in [0.4, 0.5) is 0 Å². The molecule has 0 aliphatic heterocycles. The first-order valence-corrected chi connectivity index (χ1v) is 9.32. The average Bonchev–Trinajstić information content (AvgIpc) is 3.02. The molecule has 0 N–H and O–H groups in total. The zero-order valence-corrected chi connectivity index (χ0v) is 16.6. The average molecular weight is 424 g/mol. The third kappa shape index (κ3) is 2.98. The van der Waals surface area contributed by atoms with E-state index in [0.29, 0.717) is 17.9 Å². The number of hydrogen-bond acceptors (Lipinski definition) is 3. The Morgan fingerprint density at radius 1 is 0.926 bits per heavy atom. The van der Waals surface area contributed by atoms with Crippen molar-refractivity contribution in [3.05, 3.63) is 70.2 Å². The molecule has 0 atom stereocenters. The number of rotatable bonds is 5. The number of aromatic nitrogens is 1. The Bertz CT molecular complexity index is 1150. The number of para-hydroxylation sites is 1. The van der Waals surface area contributed by atoms with Crippen molar-refractivity contribution in [1.82, 2.24) is 4.57 Å². The largest absolute Gasteiger partial charge is 0.495 e. The minimum atomic E-state index is 0.588. The van der Waals surface area contributed by atoms with Gasteiger partial charge in [0.1, 0.15) is 17.8 Å². The van der Waals surface area contributed by atoms with E-state index in [1.807, 2.05) is 36.4 Å². The highest BCUT2D eigenvalue weighted by Gasteiger charge is 2.19. The number of halogens is 1. The Morgan fingerprint density at radius 3 is 2.30 bits per heavy atom. The van der Waals surface area contributed by atoms with Crippen LogP contribution in [0.3, 0.4) is 0 Å². The van der Waals surface area contributed by atoms with Crippen molar-refractivity contribution in [1.29, 1.82) is 0 Å². The minimum absolute atomic E-state index is 0.588. The van der Waals surface area contributed by atoms with Crippen LogP contribution < -0.4 is 9.47 Å². The highest BCUT2D eigenvalue weighted by atomic mass is 79.9. The summed E-state index contributed by atoms with van der Waals surface area (Å²) in [7, 11) is 3.30. The van der Waals surface area contributed by atoms with Crippen molar-refractivity contribution >= 4 is 44.0 Å². The molecule has 0 fully saturated rings. The molecule has 0 bridgehead atoms. The van der Waals surface area contributed by atoms with E-state index in [1.165, 1.54) is 0 Å². The fourth-order valence-corrected chi connectivity index (χ4v) is 3.83. The van der Waals surface area contributed by atoms with Crippen molar-refractivity contribution in [2.45, 2.75) is 6.54 Å². The molecule has 0 saturated heterocycles. The number of benzene rings is 3. The quantitative estimate of drug-likeness (QED) is 0.401. The van der Waals surface area contributed by atoms with Gasteiger partial charge in [0.15, 0.2) is 0 Å². The number of carbonyl (C=O) groups is 1. The molecule has 0 unspecified atom stereocenters. The van der Waals surface area contributed by atoms with Crippen LogP contribution in [0.1, 0.15) is 15.9 Å². The zero-order valence-electron chi connectivity index (χ0n) is 15.0. The Hall–Kier alpha value is -2.79. The highest BCUT2D eigenvalue weighted by molar-refractivity contribution is 9.10. The number of carbonyl (C=O) groups excluding carboxylic acids is 1. The molecular weight excluding hydrogens is 406 g/mol. The standard InChI is InChI=1S/C22H18BrNO3/c1-26-19-5-3-4-17-18-10-15(13-25)11-20(27-2)22(18)24(21(17)19)12-14-6-8-16(23)9-7-14/h3-11,13H,12H2,1-2H3. The van der Waals surface area contributed by atoms with Crippen LogP contribution >= 0.6 is 15.9 Å². The molecule has 1 heterocycles. The number of fused-ring (bicyclic) bond motifs is 3. The van der Waals surface area contributed by atoms with Gasteiger partial charge in [-0.3, -0.25) is 4.79 Å². The molecule has 0 aliphatic rings. The predicted octanol–water partition coefficient (Wildman–Crippen LogP) is 5.44. The van der Waals surface area contributed by atoms with E-state index >= 15 is 0 Å². The summed E-state index contributed by atoms with van der Waals surface area (Å²) < 4.78 is 14.5. The molecule has 1 aromatic heterocycles. The molecule has 4 nitrogen and oxygen atoms in total. The van der Waals surface area contributed by atoms with Crippen LogP contribution in [0.5, 0.6) is 11.5 Å².